The SMILES string of the molecule is C=C(OCC)c1ccc(C(=O)O)c(F)c1. The third kappa shape index (κ3) is 2.56. The summed E-state index contributed by atoms with van der Waals surface area (Å²) >= 11 is 0. The van der Waals surface area contributed by atoms with Gasteiger partial charge in [0.2, 0.25) is 0 Å². The molecule has 1 aromatic rings. The highest BCUT2D eigenvalue weighted by molar-refractivity contribution is 5.88. The van der Waals surface area contributed by atoms with Crippen molar-refractivity contribution in [1.82, 2.24) is 0 Å². The summed E-state index contributed by atoms with van der Waals surface area (Å²) in [5.74, 6) is -1.75. The summed E-state index contributed by atoms with van der Waals surface area (Å²) in [6, 6.07) is 3.75. The van der Waals surface area contributed by atoms with Crippen LogP contribution >= 0.6 is 0 Å². The molecule has 80 valence electrons. The Balaban J connectivity index is 3.01. The number of rotatable bonds is 4. The van der Waals surface area contributed by atoms with Crippen LogP contribution in [0.2, 0.25) is 0 Å². The maximum absolute atomic E-state index is 13.2. The van der Waals surface area contributed by atoms with Gasteiger partial charge in [0.15, 0.2) is 0 Å². The third-order valence-electron chi connectivity index (χ3n) is 1.84. The summed E-state index contributed by atoms with van der Waals surface area (Å²) in [5.41, 5.74) is 0.0856. The molecular formula is C11H11FO3. The maximum atomic E-state index is 13.2. The number of hydrogen-bond acceptors (Lipinski definition) is 2. The van der Waals surface area contributed by atoms with E-state index < -0.39 is 11.8 Å². The average molecular weight is 210 g/mol. The van der Waals surface area contributed by atoms with Crippen molar-refractivity contribution in [2.75, 3.05) is 6.61 Å². The van der Waals surface area contributed by atoms with Gasteiger partial charge in [0.05, 0.1) is 12.2 Å². The summed E-state index contributed by atoms with van der Waals surface area (Å²) < 4.78 is 18.3. The Morgan fingerprint density at radius 2 is 2.27 bits per heavy atom. The maximum Gasteiger partial charge on any atom is 0.338 e. The predicted molar refractivity (Wildman–Crippen MR) is 54.0 cm³/mol. The predicted octanol–water partition coefficient (Wildman–Crippen LogP) is 2.53. The molecule has 15 heavy (non-hydrogen) atoms. The molecule has 0 aromatic heterocycles. The van der Waals surface area contributed by atoms with Gasteiger partial charge in [-0.15, -0.1) is 0 Å². The summed E-state index contributed by atoms with van der Waals surface area (Å²) in [6.45, 7) is 5.81. The van der Waals surface area contributed by atoms with Crippen molar-refractivity contribution in [2.45, 2.75) is 6.92 Å². The largest absolute Gasteiger partial charge is 0.494 e. The van der Waals surface area contributed by atoms with Crippen LogP contribution in [0.3, 0.4) is 0 Å². The molecule has 0 heterocycles. The minimum absolute atomic E-state index is 0.327. The number of aromatic carboxylic acids is 1. The number of carboxylic acids is 1. The lowest BCUT2D eigenvalue weighted by Crippen LogP contribution is -2.01. The molecule has 0 amide bonds. The van der Waals surface area contributed by atoms with Gasteiger partial charge in [-0.1, -0.05) is 12.6 Å². The molecular weight excluding hydrogens is 199 g/mol. The van der Waals surface area contributed by atoms with E-state index in [0.717, 1.165) is 6.07 Å². The van der Waals surface area contributed by atoms with Crippen molar-refractivity contribution < 1.29 is 19.0 Å². The molecule has 0 unspecified atom stereocenters. The molecule has 0 bridgehead atoms. The molecule has 1 N–H and O–H groups in total. The molecule has 4 heteroatoms. The highest BCUT2D eigenvalue weighted by atomic mass is 19.1. The number of ether oxygens (including phenoxy) is 1. The van der Waals surface area contributed by atoms with Crippen molar-refractivity contribution in [3.05, 3.63) is 41.7 Å². The van der Waals surface area contributed by atoms with E-state index in [-0.39, 0.29) is 5.56 Å². The van der Waals surface area contributed by atoms with E-state index in [0.29, 0.717) is 17.9 Å². The minimum atomic E-state index is -1.29. The normalized spacial score (nSPS) is 9.73. The van der Waals surface area contributed by atoms with Crippen molar-refractivity contribution in [3.8, 4) is 0 Å². The fraction of sp³-hybridized carbons (Fsp3) is 0.182. The van der Waals surface area contributed by atoms with E-state index in [2.05, 4.69) is 6.58 Å². The highest BCUT2D eigenvalue weighted by Crippen LogP contribution is 2.17. The van der Waals surface area contributed by atoms with Gasteiger partial charge in [0, 0.05) is 5.56 Å². The Hall–Kier alpha value is -1.84. The Morgan fingerprint density at radius 3 is 2.73 bits per heavy atom. The molecule has 0 aliphatic carbocycles. The van der Waals surface area contributed by atoms with Crippen LogP contribution in [-0.4, -0.2) is 17.7 Å². The van der Waals surface area contributed by atoms with Crippen molar-refractivity contribution in [3.63, 3.8) is 0 Å². The summed E-state index contributed by atoms with van der Waals surface area (Å²) in [7, 11) is 0. The zero-order valence-corrected chi connectivity index (χ0v) is 8.29. The van der Waals surface area contributed by atoms with Crippen molar-refractivity contribution in [1.29, 1.82) is 0 Å². The van der Waals surface area contributed by atoms with E-state index in [1.807, 2.05) is 0 Å². The molecule has 0 saturated carbocycles. The monoisotopic (exact) mass is 210 g/mol. The Labute approximate surface area is 86.8 Å². The molecule has 1 aromatic carbocycles. The van der Waals surface area contributed by atoms with Crippen LogP contribution < -0.4 is 0 Å². The Bertz CT molecular complexity index is 399. The molecule has 0 atom stereocenters. The fourth-order valence-electron chi connectivity index (χ4n) is 1.12. The van der Waals surface area contributed by atoms with Crippen LogP contribution in [0.4, 0.5) is 4.39 Å². The molecule has 3 nitrogen and oxygen atoms in total. The first kappa shape index (κ1) is 11.2. The van der Waals surface area contributed by atoms with Crippen LogP contribution in [0, 0.1) is 5.82 Å². The molecule has 0 aliphatic rings. The standard InChI is InChI=1S/C11H11FO3/c1-3-15-7(2)8-4-5-9(11(13)14)10(12)6-8/h4-6H,2-3H2,1H3,(H,13,14). The zero-order chi connectivity index (χ0) is 11.4. The number of carbonyl (C=O) groups is 1. The van der Waals surface area contributed by atoms with Crippen molar-refractivity contribution >= 4 is 11.7 Å². The minimum Gasteiger partial charge on any atom is -0.494 e. The van der Waals surface area contributed by atoms with Gasteiger partial charge in [-0.25, -0.2) is 9.18 Å². The lowest BCUT2D eigenvalue weighted by atomic mass is 10.1. The zero-order valence-electron chi connectivity index (χ0n) is 8.29. The van der Waals surface area contributed by atoms with Crippen molar-refractivity contribution in [2.24, 2.45) is 0 Å². The van der Waals surface area contributed by atoms with Gasteiger partial charge in [0.1, 0.15) is 11.6 Å². The van der Waals surface area contributed by atoms with E-state index in [9.17, 15) is 9.18 Å². The lowest BCUT2D eigenvalue weighted by Gasteiger charge is -2.07. The molecule has 0 aliphatic heterocycles. The van der Waals surface area contributed by atoms with Gasteiger partial charge >= 0.3 is 5.97 Å². The number of benzene rings is 1. The Morgan fingerprint density at radius 1 is 1.60 bits per heavy atom. The van der Waals surface area contributed by atoms with E-state index >= 15 is 0 Å². The van der Waals surface area contributed by atoms with Gasteiger partial charge < -0.3 is 9.84 Å². The first-order valence-electron chi connectivity index (χ1n) is 4.41. The van der Waals surface area contributed by atoms with Crippen LogP contribution in [0.15, 0.2) is 24.8 Å². The number of halogens is 1. The second kappa shape index (κ2) is 4.59. The molecule has 1 rings (SSSR count). The number of carboxylic acid groups (broad SMARTS) is 1. The quantitative estimate of drug-likeness (QED) is 0.777. The number of hydrogen-bond donors (Lipinski definition) is 1. The van der Waals surface area contributed by atoms with E-state index in [1.54, 1.807) is 6.92 Å². The second-order valence-corrected chi connectivity index (χ2v) is 2.86. The summed E-state index contributed by atoms with van der Waals surface area (Å²) in [5, 5.41) is 8.60. The van der Waals surface area contributed by atoms with Crippen LogP contribution in [0.1, 0.15) is 22.8 Å². The van der Waals surface area contributed by atoms with Crippen LogP contribution in [0.5, 0.6) is 0 Å². The van der Waals surface area contributed by atoms with E-state index in [4.69, 9.17) is 9.84 Å². The highest BCUT2D eigenvalue weighted by Gasteiger charge is 2.11. The topological polar surface area (TPSA) is 46.5 Å². The molecule has 0 radical (unpaired) electrons. The second-order valence-electron chi connectivity index (χ2n) is 2.86. The first-order chi connectivity index (χ1) is 7.06. The third-order valence-corrected chi connectivity index (χ3v) is 1.84. The molecule has 0 fully saturated rings. The summed E-state index contributed by atoms with van der Waals surface area (Å²) in [4.78, 5) is 10.5. The summed E-state index contributed by atoms with van der Waals surface area (Å²) in [6.07, 6.45) is 0. The van der Waals surface area contributed by atoms with Gasteiger partial charge in [-0.3, -0.25) is 0 Å². The molecule has 0 saturated heterocycles. The average Bonchev–Trinajstić information content (AvgIpc) is 2.17. The smallest absolute Gasteiger partial charge is 0.338 e. The fourth-order valence-corrected chi connectivity index (χ4v) is 1.12. The van der Waals surface area contributed by atoms with Gasteiger partial charge in [-0.2, -0.15) is 0 Å². The Kier molecular flexibility index (Phi) is 3.44. The van der Waals surface area contributed by atoms with Gasteiger partial charge in [0.25, 0.3) is 0 Å². The van der Waals surface area contributed by atoms with Crippen LogP contribution in [0.25, 0.3) is 5.76 Å². The lowest BCUT2D eigenvalue weighted by molar-refractivity contribution is 0.0692. The van der Waals surface area contributed by atoms with E-state index in [1.165, 1.54) is 12.1 Å². The van der Waals surface area contributed by atoms with Crippen LogP contribution in [-0.2, 0) is 4.74 Å². The molecule has 0 spiro atoms. The first-order valence-corrected chi connectivity index (χ1v) is 4.41. The van der Waals surface area contributed by atoms with Gasteiger partial charge in [-0.05, 0) is 19.1 Å².